The number of nitrogens with zero attached hydrogens (tertiary/aromatic N) is 2. The molecule has 0 spiro atoms. The van der Waals surface area contributed by atoms with Gasteiger partial charge in [-0.25, -0.2) is 0 Å². The van der Waals surface area contributed by atoms with Gasteiger partial charge >= 0.3 is 0 Å². The quantitative estimate of drug-likeness (QED) is 0.346. The molecule has 0 aromatic heterocycles. The first-order valence-corrected chi connectivity index (χ1v) is 10.5. The Balaban J connectivity index is 1.64. The Bertz CT molecular complexity index is 522. The number of nitrogens with one attached hydrogen (secondary N) is 1. The molecule has 0 radical (unpaired) electrons. The van der Waals surface area contributed by atoms with Gasteiger partial charge in [0, 0.05) is 39.2 Å². The minimum atomic E-state index is 0.594. The zero-order chi connectivity index (χ0) is 19.2. The Hall–Kier alpha value is -1.59. The lowest BCUT2D eigenvalue weighted by Crippen LogP contribution is -2.40. The second kappa shape index (κ2) is 13.6. The molecule has 1 atom stereocenters. The van der Waals surface area contributed by atoms with Crippen molar-refractivity contribution >= 4 is 5.96 Å². The number of ether oxygens (including phenoxy) is 2. The van der Waals surface area contributed by atoms with Crippen molar-refractivity contribution in [3.8, 4) is 0 Å². The number of aryl methyl sites for hydroxylation is 1. The number of rotatable bonds is 12. The van der Waals surface area contributed by atoms with Crippen LogP contribution in [0, 0.1) is 5.92 Å². The topological polar surface area (TPSA) is 46.1 Å². The van der Waals surface area contributed by atoms with Crippen LogP contribution in [0.2, 0.25) is 0 Å². The molecule has 5 nitrogen and oxygen atoms in total. The van der Waals surface area contributed by atoms with E-state index >= 15 is 0 Å². The van der Waals surface area contributed by atoms with E-state index in [1.807, 2.05) is 0 Å². The van der Waals surface area contributed by atoms with E-state index in [4.69, 9.17) is 14.5 Å². The number of benzene rings is 1. The molecule has 0 bridgehead atoms. The van der Waals surface area contributed by atoms with Crippen molar-refractivity contribution in [3.05, 3.63) is 35.9 Å². The van der Waals surface area contributed by atoms with Gasteiger partial charge in [-0.2, -0.15) is 0 Å². The first-order valence-electron chi connectivity index (χ1n) is 10.5. The molecule has 1 N–H and O–H groups in total. The van der Waals surface area contributed by atoms with E-state index in [1.54, 1.807) is 7.11 Å². The molecule has 1 aromatic rings. The van der Waals surface area contributed by atoms with Crippen LogP contribution in [-0.4, -0.2) is 64.0 Å². The second-order valence-electron chi connectivity index (χ2n) is 7.20. The number of methoxy groups -OCH3 is 1. The number of likely N-dealkylation sites (tertiary alicyclic amines) is 1. The van der Waals surface area contributed by atoms with Crippen LogP contribution < -0.4 is 5.32 Å². The van der Waals surface area contributed by atoms with Gasteiger partial charge in [0.05, 0.1) is 19.8 Å². The molecule has 1 aromatic carbocycles. The van der Waals surface area contributed by atoms with Crippen molar-refractivity contribution in [2.24, 2.45) is 10.9 Å². The van der Waals surface area contributed by atoms with Gasteiger partial charge < -0.3 is 19.7 Å². The van der Waals surface area contributed by atoms with Gasteiger partial charge in [-0.15, -0.1) is 0 Å². The third-order valence-corrected chi connectivity index (χ3v) is 4.93. The zero-order valence-corrected chi connectivity index (χ0v) is 17.2. The van der Waals surface area contributed by atoms with Gasteiger partial charge in [-0.1, -0.05) is 36.8 Å². The highest BCUT2D eigenvalue weighted by Gasteiger charge is 2.24. The molecule has 0 amide bonds. The van der Waals surface area contributed by atoms with Gasteiger partial charge in [0.2, 0.25) is 0 Å². The molecule has 2 rings (SSSR count). The summed E-state index contributed by atoms with van der Waals surface area (Å²) in [5, 5.41) is 3.45. The number of aliphatic imine (C=N–C) groups is 1. The lowest BCUT2D eigenvalue weighted by Gasteiger charge is -2.21. The standard InChI is InChI=1S/C22H37N3O2/c1-3-23-22(25-15-13-21(18-25)19-27-17-16-26-2)24-14-9-5-8-12-20-10-6-4-7-11-20/h4,6-7,10-11,21H,3,5,8-9,12-19H2,1-2H3,(H,23,24). The highest BCUT2D eigenvalue weighted by Crippen LogP contribution is 2.17. The molecular formula is C22H37N3O2. The molecule has 1 saturated heterocycles. The summed E-state index contributed by atoms with van der Waals surface area (Å²) in [6.07, 6.45) is 5.96. The van der Waals surface area contributed by atoms with Crippen molar-refractivity contribution in [1.82, 2.24) is 10.2 Å². The van der Waals surface area contributed by atoms with E-state index in [-0.39, 0.29) is 0 Å². The number of hydrogen-bond acceptors (Lipinski definition) is 3. The van der Waals surface area contributed by atoms with Crippen LogP contribution in [0.3, 0.4) is 0 Å². The van der Waals surface area contributed by atoms with Gasteiger partial charge in [-0.3, -0.25) is 4.99 Å². The van der Waals surface area contributed by atoms with E-state index < -0.39 is 0 Å². The molecular weight excluding hydrogens is 338 g/mol. The normalized spacial score (nSPS) is 17.5. The Morgan fingerprint density at radius 1 is 1.19 bits per heavy atom. The largest absolute Gasteiger partial charge is 0.382 e. The zero-order valence-electron chi connectivity index (χ0n) is 17.2. The average Bonchev–Trinajstić information content (AvgIpc) is 3.16. The maximum atomic E-state index is 5.70. The fourth-order valence-electron chi connectivity index (χ4n) is 3.43. The summed E-state index contributed by atoms with van der Waals surface area (Å²) < 4.78 is 10.7. The molecule has 1 heterocycles. The number of guanidine groups is 1. The van der Waals surface area contributed by atoms with Gasteiger partial charge in [0.25, 0.3) is 0 Å². The summed E-state index contributed by atoms with van der Waals surface area (Å²) in [5.74, 6) is 1.66. The lowest BCUT2D eigenvalue weighted by molar-refractivity contribution is 0.0536. The van der Waals surface area contributed by atoms with E-state index in [1.165, 1.54) is 31.2 Å². The molecule has 1 unspecified atom stereocenters. The lowest BCUT2D eigenvalue weighted by atomic mass is 10.1. The fraction of sp³-hybridized carbons (Fsp3) is 0.682. The molecule has 1 aliphatic heterocycles. The minimum absolute atomic E-state index is 0.594. The fourth-order valence-corrected chi connectivity index (χ4v) is 3.43. The van der Waals surface area contributed by atoms with E-state index in [0.717, 1.165) is 45.2 Å². The molecule has 5 heteroatoms. The maximum Gasteiger partial charge on any atom is 0.193 e. The van der Waals surface area contributed by atoms with Crippen LogP contribution in [-0.2, 0) is 15.9 Å². The van der Waals surface area contributed by atoms with Crippen LogP contribution in [0.25, 0.3) is 0 Å². The summed E-state index contributed by atoms with van der Waals surface area (Å²) in [7, 11) is 1.71. The van der Waals surface area contributed by atoms with E-state index in [2.05, 4.69) is 47.5 Å². The Morgan fingerprint density at radius 3 is 2.81 bits per heavy atom. The van der Waals surface area contributed by atoms with E-state index in [0.29, 0.717) is 19.1 Å². The Labute approximate surface area is 165 Å². The Morgan fingerprint density at radius 2 is 2.04 bits per heavy atom. The predicted octanol–water partition coefficient (Wildman–Crippen LogP) is 3.35. The van der Waals surface area contributed by atoms with Crippen LogP contribution in [0.5, 0.6) is 0 Å². The molecule has 1 aliphatic rings. The van der Waals surface area contributed by atoms with Crippen LogP contribution in [0.15, 0.2) is 35.3 Å². The first kappa shape index (κ1) is 21.7. The van der Waals surface area contributed by atoms with Gasteiger partial charge in [0.1, 0.15) is 0 Å². The Kier molecular flexibility index (Phi) is 10.9. The SMILES string of the molecule is CCNC(=NCCCCCc1ccccc1)N1CCC(COCCOC)C1. The van der Waals surface area contributed by atoms with Gasteiger partial charge in [0.15, 0.2) is 5.96 Å². The summed E-state index contributed by atoms with van der Waals surface area (Å²) >= 11 is 0. The average molecular weight is 376 g/mol. The van der Waals surface area contributed by atoms with Crippen molar-refractivity contribution in [3.63, 3.8) is 0 Å². The second-order valence-corrected chi connectivity index (χ2v) is 7.20. The number of unbranched alkanes of at least 4 members (excludes halogenated alkanes) is 2. The third-order valence-electron chi connectivity index (χ3n) is 4.93. The minimum Gasteiger partial charge on any atom is -0.382 e. The number of hydrogen-bond donors (Lipinski definition) is 1. The monoisotopic (exact) mass is 375 g/mol. The predicted molar refractivity (Wildman–Crippen MR) is 112 cm³/mol. The summed E-state index contributed by atoms with van der Waals surface area (Å²) in [5.41, 5.74) is 1.44. The molecule has 152 valence electrons. The van der Waals surface area contributed by atoms with Crippen molar-refractivity contribution < 1.29 is 9.47 Å². The van der Waals surface area contributed by atoms with Crippen LogP contribution in [0.1, 0.15) is 38.2 Å². The summed E-state index contributed by atoms with van der Waals surface area (Å²) in [4.78, 5) is 7.24. The smallest absolute Gasteiger partial charge is 0.193 e. The van der Waals surface area contributed by atoms with Crippen LogP contribution in [0.4, 0.5) is 0 Å². The van der Waals surface area contributed by atoms with Crippen LogP contribution >= 0.6 is 0 Å². The highest BCUT2D eigenvalue weighted by molar-refractivity contribution is 5.80. The van der Waals surface area contributed by atoms with Crippen molar-refractivity contribution in [2.45, 2.75) is 39.0 Å². The van der Waals surface area contributed by atoms with Crippen molar-refractivity contribution in [2.75, 3.05) is 53.1 Å². The van der Waals surface area contributed by atoms with Crippen molar-refractivity contribution in [1.29, 1.82) is 0 Å². The summed E-state index contributed by atoms with van der Waals surface area (Å²) in [6, 6.07) is 10.7. The molecule has 27 heavy (non-hydrogen) atoms. The first-order chi connectivity index (χ1) is 13.3. The third kappa shape index (κ3) is 8.76. The summed E-state index contributed by atoms with van der Waals surface area (Å²) in [6.45, 7) is 8.23. The highest BCUT2D eigenvalue weighted by atomic mass is 16.5. The molecule has 0 saturated carbocycles. The van der Waals surface area contributed by atoms with Gasteiger partial charge in [-0.05, 0) is 38.2 Å². The maximum absolute atomic E-state index is 5.70. The molecule has 0 aliphatic carbocycles. The van der Waals surface area contributed by atoms with E-state index in [9.17, 15) is 0 Å². The molecule has 1 fully saturated rings.